The predicted molar refractivity (Wildman–Crippen MR) is 140 cm³/mol. The number of carbonyl (C=O) groups excluding carboxylic acids is 1. The van der Waals surface area contributed by atoms with E-state index < -0.39 is 42.4 Å². The number of carbonyl (C=O) groups is 1. The summed E-state index contributed by atoms with van der Waals surface area (Å²) in [6.45, 7) is -0.422. The van der Waals surface area contributed by atoms with Crippen molar-refractivity contribution in [2.75, 3.05) is 13.7 Å². The number of fused-ring (bicyclic) bond motifs is 1. The van der Waals surface area contributed by atoms with Crippen LogP contribution in [0.4, 0.5) is 8.78 Å². The molecular weight excluding hydrogens is 494 g/mol. The lowest BCUT2D eigenvalue weighted by molar-refractivity contribution is -0.124. The highest BCUT2D eigenvalue weighted by Gasteiger charge is 2.33. The zero-order chi connectivity index (χ0) is 27.1. The van der Waals surface area contributed by atoms with E-state index in [4.69, 9.17) is 9.47 Å². The summed E-state index contributed by atoms with van der Waals surface area (Å²) < 4.78 is 38.9. The minimum atomic E-state index is -0.994. The third-order valence-electron chi connectivity index (χ3n) is 6.79. The summed E-state index contributed by atoms with van der Waals surface area (Å²) >= 11 is 0. The van der Waals surface area contributed by atoms with E-state index in [9.17, 15) is 23.8 Å². The number of rotatable bonds is 10. The maximum absolute atomic E-state index is 13.9. The van der Waals surface area contributed by atoms with Gasteiger partial charge in [0.15, 0.2) is 0 Å². The Labute approximate surface area is 220 Å². The summed E-state index contributed by atoms with van der Waals surface area (Å²) in [6, 6.07) is 10.5. The van der Waals surface area contributed by atoms with Crippen LogP contribution in [-0.4, -0.2) is 59.2 Å². The maximum atomic E-state index is 13.9. The summed E-state index contributed by atoms with van der Waals surface area (Å²) in [7, 11) is 1.60. The second-order valence-electron chi connectivity index (χ2n) is 9.46. The Morgan fingerprint density at radius 1 is 1.26 bits per heavy atom. The van der Waals surface area contributed by atoms with Gasteiger partial charge >= 0.3 is 0 Å². The second-order valence-corrected chi connectivity index (χ2v) is 9.46. The molecule has 4 rings (SSSR count). The molecule has 9 heteroatoms. The molecule has 1 fully saturated rings. The average molecular weight is 527 g/mol. The van der Waals surface area contributed by atoms with Crippen LogP contribution in [-0.2, 0) is 16.0 Å². The molecule has 0 radical (unpaired) electrons. The Morgan fingerprint density at radius 2 is 2.11 bits per heavy atom. The molecule has 2 heterocycles. The topological polar surface area (TPSA) is 101 Å². The summed E-state index contributed by atoms with van der Waals surface area (Å²) in [5, 5.41) is 23.3. The van der Waals surface area contributed by atoms with Crippen molar-refractivity contribution in [3.05, 3.63) is 77.5 Å². The van der Waals surface area contributed by atoms with Crippen molar-refractivity contribution in [1.29, 1.82) is 0 Å². The van der Waals surface area contributed by atoms with Crippen molar-refractivity contribution in [2.24, 2.45) is 0 Å². The number of nitrogens with zero attached hydrogens (tertiary/aromatic N) is 1. The Kier molecular flexibility index (Phi) is 9.38. The minimum Gasteiger partial charge on any atom is -0.495 e. The van der Waals surface area contributed by atoms with Gasteiger partial charge in [0.1, 0.15) is 17.4 Å². The van der Waals surface area contributed by atoms with Crippen LogP contribution in [0.2, 0.25) is 0 Å². The molecule has 4 atom stereocenters. The van der Waals surface area contributed by atoms with Crippen molar-refractivity contribution in [3.63, 3.8) is 0 Å². The van der Waals surface area contributed by atoms with E-state index in [0.717, 1.165) is 53.6 Å². The minimum absolute atomic E-state index is 0.0337. The molecule has 0 bridgehead atoms. The van der Waals surface area contributed by atoms with Gasteiger partial charge in [-0.1, -0.05) is 12.1 Å². The Hall–Kier alpha value is -3.40. The number of halogens is 2. The average Bonchev–Trinajstić information content (AvgIpc) is 2.93. The number of benzene rings is 2. The molecule has 3 aromatic rings. The number of amides is 1. The smallest absolute Gasteiger partial charge is 0.244 e. The lowest BCUT2D eigenvalue weighted by Crippen LogP contribution is -2.50. The number of methoxy groups -OCH3 is 1. The van der Waals surface area contributed by atoms with Crippen LogP contribution >= 0.6 is 0 Å². The SMILES string of the molecule is COc1cnc2cccc(CC[C@@H]3CC[C@@H](NC(=O)C=Cc4cc(F)ccc4F)[C@@H](C[C@@H](O)CO)O3)c2c1. The monoisotopic (exact) mass is 526 g/mol. The van der Waals surface area contributed by atoms with E-state index in [1.165, 1.54) is 6.08 Å². The lowest BCUT2D eigenvalue weighted by Gasteiger charge is -2.38. The highest BCUT2D eigenvalue weighted by atomic mass is 19.1. The molecule has 0 spiro atoms. The van der Waals surface area contributed by atoms with Gasteiger partial charge in [0.25, 0.3) is 0 Å². The largest absolute Gasteiger partial charge is 0.495 e. The molecule has 0 unspecified atom stereocenters. The van der Waals surface area contributed by atoms with Gasteiger partial charge in [0.2, 0.25) is 5.91 Å². The Morgan fingerprint density at radius 3 is 2.89 bits per heavy atom. The van der Waals surface area contributed by atoms with Gasteiger partial charge in [-0.25, -0.2) is 8.78 Å². The Bertz CT molecular complexity index is 1290. The van der Waals surface area contributed by atoms with Gasteiger partial charge in [-0.15, -0.1) is 0 Å². The Balaban J connectivity index is 1.40. The van der Waals surface area contributed by atoms with Gasteiger partial charge in [0.05, 0.1) is 49.8 Å². The standard InChI is InChI=1S/C29H32F2N2O5/c1-37-23-15-24-18(3-2-4-26(24)32-16-23)5-8-22-9-11-27(28(38-22)14-21(35)17-34)33-29(36)12-6-19-13-20(30)7-10-25(19)31/h2-4,6-7,10,12-13,15-16,21-22,27-28,34-35H,5,8-9,11,14,17H2,1H3,(H,33,36)/t21-,22-,27-,28-/m1/s1. The molecule has 7 nitrogen and oxygen atoms in total. The third-order valence-corrected chi connectivity index (χ3v) is 6.79. The predicted octanol–water partition coefficient (Wildman–Crippen LogP) is 3.94. The zero-order valence-corrected chi connectivity index (χ0v) is 21.1. The van der Waals surface area contributed by atoms with Crippen LogP contribution in [0.15, 0.2) is 54.7 Å². The molecule has 38 heavy (non-hydrogen) atoms. The number of aromatic nitrogens is 1. The molecule has 1 aliphatic rings. The lowest BCUT2D eigenvalue weighted by atomic mass is 9.91. The fraction of sp³-hybridized carbons (Fsp3) is 0.379. The number of ether oxygens (including phenoxy) is 2. The number of aliphatic hydroxyl groups excluding tert-OH is 2. The first kappa shape index (κ1) is 27.6. The first-order chi connectivity index (χ1) is 18.4. The maximum Gasteiger partial charge on any atom is 0.244 e. The number of hydrogen-bond donors (Lipinski definition) is 3. The van der Waals surface area contributed by atoms with E-state index in [2.05, 4.69) is 16.4 Å². The molecule has 1 aromatic heterocycles. The van der Waals surface area contributed by atoms with Gasteiger partial charge in [-0.3, -0.25) is 9.78 Å². The van der Waals surface area contributed by atoms with E-state index in [1.54, 1.807) is 13.3 Å². The first-order valence-corrected chi connectivity index (χ1v) is 12.7. The first-order valence-electron chi connectivity index (χ1n) is 12.7. The van der Waals surface area contributed by atoms with Gasteiger partial charge in [-0.05, 0) is 67.7 Å². The van der Waals surface area contributed by atoms with Crippen molar-refractivity contribution in [3.8, 4) is 5.75 Å². The zero-order valence-electron chi connectivity index (χ0n) is 21.1. The molecular formula is C29H32F2N2O5. The van der Waals surface area contributed by atoms with Crippen molar-refractivity contribution < 1.29 is 33.3 Å². The summed E-state index contributed by atoms with van der Waals surface area (Å²) in [4.78, 5) is 17.0. The van der Waals surface area contributed by atoms with Crippen LogP contribution in [0.5, 0.6) is 5.75 Å². The van der Waals surface area contributed by atoms with E-state index >= 15 is 0 Å². The van der Waals surface area contributed by atoms with E-state index in [-0.39, 0.29) is 18.1 Å². The fourth-order valence-electron chi connectivity index (χ4n) is 4.78. The fourth-order valence-corrected chi connectivity index (χ4v) is 4.78. The summed E-state index contributed by atoms with van der Waals surface area (Å²) in [5.41, 5.74) is 1.97. The second kappa shape index (κ2) is 12.9. The van der Waals surface area contributed by atoms with Gasteiger partial charge in [0, 0.05) is 23.4 Å². The quantitative estimate of drug-likeness (QED) is 0.346. The molecule has 0 saturated carbocycles. The molecule has 3 N–H and O–H groups in total. The third kappa shape index (κ3) is 7.12. The molecule has 2 aromatic carbocycles. The van der Waals surface area contributed by atoms with Crippen LogP contribution < -0.4 is 10.1 Å². The molecule has 0 aliphatic carbocycles. The van der Waals surface area contributed by atoms with Crippen molar-refractivity contribution >= 4 is 22.9 Å². The van der Waals surface area contributed by atoms with Crippen molar-refractivity contribution in [1.82, 2.24) is 10.3 Å². The molecule has 1 saturated heterocycles. The summed E-state index contributed by atoms with van der Waals surface area (Å²) in [6.07, 6.45) is 5.33. The van der Waals surface area contributed by atoms with E-state index in [0.29, 0.717) is 18.6 Å². The highest BCUT2D eigenvalue weighted by Crippen LogP contribution is 2.28. The van der Waals surface area contributed by atoms with Crippen LogP contribution in [0, 0.1) is 11.6 Å². The summed E-state index contributed by atoms with van der Waals surface area (Å²) in [5.74, 6) is -1.04. The molecule has 1 aliphatic heterocycles. The number of hydrogen-bond acceptors (Lipinski definition) is 6. The highest BCUT2D eigenvalue weighted by molar-refractivity contribution is 5.92. The molecule has 1 amide bonds. The number of aryl methyl sites for hydroxylation is 1. The van der Waals surface area contributed by atoms with Gasteiger partial charge < -0.3 is 25.0 Å². The van der Waals surface area contributed by atoms with Crippen LogP contribution in [0.3, 0.4) is 0 Å². The van der Waals surface area contributed by atoms with Gasteiger partial charge in [-0.2, -0.15) is 0 Å². The number of pyridine rings is 1. The molecule has 202 valence electrons. The van der Waals surface area contributed by atoms with Crippen LogP contribution in [0.1, 0.15) is 36.8 Å². The normalized spacial score (nSPS) is 20.5. The van der Waals surface area contributed by atoms with Crippen molar-refractivity contribution in [2.45, 2.75) is 56.5 Å². The number of nitrogens with one attached hydrogen (secondary N) is 1. The van der Waals surface area contributed by atoms with E-state index in [1.807, 2.05) is 18.2 Å². The van der Waals surface area contributed by atoms with Crippen LogP contribution in [0.25, 0.3) is 17.0 Å². The number of aliphatic hydroxyl groups is 2.